The molecule has 0 N–H and O–H groups in total. The molecule has 0 aliphatic heterocycles. The van der Waals surface area contributed by atoms with Crippen LogP contribution in [-0.2, 0) is 0 Å². The minimum atomic E-state index is 0.710. The Morgan fingerprint density at radius 2 is 1.05 bits per heavy atom. The minimum Gasteiger partial charge on any atom is -0.246 e. The Labute approximate surface area is 241 Å². The number of benzene rings is 5. The molecule has 0 radical (unpaired) electrons. The van der Waals surface area contributed by atoms with Gasteiger partial charge in [-0.2, -0.15) is 0 Å². The molecule has 4 heteroatoms. The lowest BCUT2D eigenvalue weighted by Crippen LogP contribution is -1.96. The van der Waals surface area contributed by atoms with Gasteiger partial charge in [-0.05, 0) is 47.5 Å². The van der Waals surface area contributed by atoms with E-state index in [1.807, 2.05) is 36.4 Å². The monoisotopic (exact) mass is 541 g/mol. The van der Waals surface area contributed by atoms with Crippen LogP contribution in [-0.4, -0.2) is 15.0 Å². The average Bonchev–Trinajstić information content (AvgIpc) is 3.41. The minimum absolute atomic E-state index is 0.710. The van der Waals surface area contributed by atoms with Crippen LogP contribution in [0.3, 0.4) is 0 Å². The molecule has 0 saturated carbocycles. The molecule has 41 heavy (non-hydrogen) atoms. The second kappa shape index (κ2) is 9.77. The highest BCUT2D eigenvalue weighted by Crippen LogP contribution is 2.36. The molecule has 0 amide bonds. The summed E-state index contributed by atoms with van der Waals surface area (Å²) in [5.41, 5.74) is 9.28. The summed E-state index contributed by atoms with van der Waals surface area (Å²) in [6.45, 7) is 0. The first kappa shape index (κ1) is 23.7. The van der Waals surface area contributed by atoms with Crippen LogP contribution < -0.4 is 0 Å². The molecule has 0 aliphatic rings. The van der Waals surface area contributed by atoms with Crippen LogP contribution in [0.1, 0.15) is 0 Å². The van der Waals surface area contributed by atoms with Crippen LogP contribution in [0.2, 0.25) is 0 Å². The number of aromatic nitrogens is 3. The summed E-state index contributed by atoms with van der Waals surface area (Å²) in [6.07, 6.45) is 0. The van der Waals surface area contributed by atoms with Gasteiger partial charge in [-0.15, -0.1) is 11.3 Å². The van der Waals surface area contributed by atoms with Gasteiger partial charge in [0.1, 0.15) is 0 Å². The molecule has 0 spiro atoms. The van der Waals surface area contributed by atoms with Crippen LogP contribution in [0, 0.1) is 0 Å². The lowest BCUT2D eigenvalue weighted by atomic mass is 10.0. The van der Waals surface area contributed by atoms with E-state index in [1.165, 1.54) is 14.8 Å². The van der Waals surface area contributed by atoms with Crippen molar-refractivity contribution in [1.82, 2.24) is 15.0 Å². The van der Waals surface area contributed by atoms with Gasteiger partial charge in [-0.25, -0.2) is 15.0 Å². The third-order valence-corrected chi connectivity index (χ3v) is 8.57. The van der Waals surface area contributed by atoms with Crippen molar-refractivity contribution in [2.45, 2.75) is 0 Å². The van der Waals surface area contributed by atoms with Crippen LogP contribution in [0.5, 0.6) is 0 Å². The fraction of sp³-hybridized carbons (Fsp3) is 0. The molecular weight excluding hydrogens is 518 g/mol. The van der Waals surface area contributed by atoms with E-state index in [0.29, 0.717) is 5.82 Å². The van der Waals surface area contributed by atoms with Crippen molar-refractivity contribution >= 4 is 42.5 Å². The second-order valence-corrected chi connectivity index (χ2v) is 11.2. The zero-order valence-corrected chi connectivity index (χ0v) is 22.8. The SMILES string of the molecule is c1ccc(-c2cc(-c3ccccc3)nc(-c3cccc(-c4ccc5nc6c(cc5c4)sc4ccccc46)c3)n2)cc1. The van der Waals surface area contributed by atoms with E-state index in [1.54, 1.807) is 11.3 Å². The second-order valence-electron chi connectivity index (χ2n) is 10.1. The van der Waals surface area contributed by atoms with Gasteiger partial charge in [0, 0.05) is 32.2 Å². The maximum absolute atomic E-state index is 5.03. The summed E-state index contributed by atoms with van der Waals surface area (Å²) >= 11 is 1.80. The van der Waals surface area contributed by atoms with Crippen molar-refractivity contribution in [2.24, 2.45) is 0 Å². The van der Waals surface area contributed by atoms with Crippen molar-refractivity contribution in [3.63, 3.8) is 0 Å². The quantitative estimate of drug-likeness (QED) is 0.222. The topological polar surface area (TPSA) is 38.7 Å². The average molecular weight is 542 g/mol. The molecule has 3 heterocycles. The molecule has 0 unspecified atom stereocenters. The largest absolute Gasteiger partial charge is 0.246 e. The molecule has 0 fully saturated rings. The third-order valence-electron chi connectivity index (χ3n) is 7.46. The van der Waals surface area contributed by atoms with Gasteiger partial charge >= 0.3 is 0 Å². The maximum atomic E-state index is 5.03. The summed E-state index contributed by atoms with van der Waals surface area (Å²) in [5.74, 6) is 0.710. The predicted molar refractivity (Wildman–Crippen MR) is 172 cm³/mol. The molecule has 0 saturated heterocycles. The van der Waals surface area contributed by atoms with Crippen LogP contribution in [0.4, 0.5) is 0 Å². The van der Waals surface area contributed by atoms with Gasteiger partial charge in [0.05, 0.1) is 27.1 Å². The lowest BCUT2D eigenvalue weighted by molar-refractivity contribution is 1.18. The van der Waals surface area contributed by atoms with Crippen LogP contribution in [0.25, 0.3) is 76.2 Å². The number of hydrogen-bond acceptors (Lipinski definition) is 4. The number of fused-ring (bicyclic) bond motifs is 4. The van der Waals surface area contributed by atoms with Gasteiger partial charge in [0.25, 0.3) is 0 Å². The standard InChI is InChI=1S/C37H23N3S/c1-3-10-24(11-4-1)32-23-33(25-12-5-2-6-13-25)40-37(39-32)28-15-9-14-26(20-28)27-18-19-31-29(21-27)22-35-36(38-31)30-16-7-8-17-34(30)41-35/h1-23H. The Kier molecular flexibility index (Phi) is 5.64. The van der Waals surface area contributed by atoms with Gasteiger partial charge in [-0.1, -0.05) is 103 Å². The molecular formula is C37H23N3S. The van der Waals surface area contributed by atoms with Crippen molar-refractivity contribution < 1.29 is 0 Å². The molecule has 0 aliphatic carbocycles. The number of hydrogen-bond donors (Lipinski definition) is 0. The Hall–Kier alpha value is -5.19. The Morgan fingerprint density at radius 1 is 0.415 bits per heavy atom. The first-order valence-corrected chi connectivity index (χ1v) is 14.4. The summed E-state index contributed by atoms with van der Waals surface area (Å²) in [4.78, 5) is 15.1. The zero-order valence-electron chi connectivity index (χ0n) is 22.0. The van der Waals surface area contributed by atoms with Gasteiger partial charge in [0.15, 0.2) is 5.82 Å². The van der Waals surface area contributed by atoms with Crippen LogP contribution in [0.15, 0.2) is 140 Å². The Bertz CT molecular complexity index is 2140. The van der Waals surface area contributed by atoms with E-state index < -0.39 is 0 Å². The molecule has 3 nitrogen and oxygen atoms in total. The molecule has 192 valence electrons. The molecule has 8 aromatic rings. The fourth-order valence-corrected chi connectivity index (χ4v) is 6.50. The highest BCUT2D eigenvalue weighted by molar-refractivity contribution is 7.25. The molecule has 0 atom stereocenters. The van der Waals surface area contributed by atoms with E-state index in [0.717, 1.165) is 55.6 Å². The molecule has 5 aromatic carbocycles. The highest BCUT2D eigenvalue weighted by Gasteiger charge is 2.13. The van der Waals surface area contributed by atoms with E-state index >= 15 is 0 Å². The smallest absolute Gasteiger partial charge is 0.160 e. The normalized spacial score (nSPS) is 11.4. The zero-order chi connectivity index (χ0) is 27.2. The first-order valence-electron chi connectivity index (χ1n) is 13.6. The van der Waals surface area contributed by atoms with E-state index in [9.17, 15) is 0 Å². The third kappa shape index (κ3) is 4.35. The molecule has 0 bridgehead atoms. The number of rotatable bonds is 4. The Morgan fingerprint density at radius 3 is 1.80 bits per heavy atom. The van der Waals surface area contributed by atoms with E-state index in [2.05, 4.69) is 103 Å². The van der Waals surface area contributed by atoms with E-state index in [-0.39, 0.29) is 0 Å². The lowest BCUT2D eigenvalue weighted by Gasteiger charge is -2.11. The maximum Gasteiger partial charge on any atom is 0.160 e. The number of thiophene rings is 1. The van der Waals surface area contributed by atoms with E-state index in [4.69, 9.17) is 15.0 Å². The molecule has 8 rings (SSSR count). The highest BCUT2D eigenvalue weighted by atomic mass is 32.1. The van der Waals surface area contributed by atoms with Crippen LogP contribution >= 0.6 is 11.3 Å². The van der Waals surface area contributed by atoms with Gasteiger partial charge < -0.3 is 0 Å². The summed E-state index contributed by atoms with van der Waals surface area (Å²) in [7, 11) is 0. The fourth-order valence-electron chi connectivity index (χ4n) is 5.40. The van der Waals surface area contributed by atoms with Gasteiger partial charge in [0.2, 0.25) is 0 Å². The van der Waals surface area contributed by atoms with Gasteiger partial charge in [-0.3, -0.25) is 0 Å². The summed E-state index contributed by atoms with van der Waals surface area (Å²) in [6, 6.07) is 48.5. The van der Waals surface area contributed by atoms with Crippen molar-refractivity contribution in [2.75, 3.05) is 0 Å². The number of nitrogens with zero attached hydrogens (tertiary/aromatic N) is 3. The number of pyridine rings is 1. The van der Waals surface area contributed by atoms with Crippen molar-refractivity contribution in [1.29, 1.82) is 0 Å². The van der Waals surface area contributed by atoms with Crippen molar-refractivity contribution in [3.8, 4) is 45.0 Å². The first-order chi connectivity index (χ1) is 20.3. The Balaban J connectivity index is 1.24. The molecule has 3 aromatic heterocycles. The van der Waals surface area contributed by atoms with Crippen molar-refractivity contribution in [3.05, 3.63) is 140 Å². The summed E-state index contributed by atoms with van der Waals surface area (Å²) in [5, 5.41) is 2.36. The summed E-state index contributed by atoms with van der Waals surface area (Å²) < 4.78 is 2.48. The predicted octanol–water partition coefficient (Wildman–Crippen LogP) is 10.1.